The molecule has 0 saturated heterocycles. The minimum Gasteiger partial charge on any atom is -0.474 e. The minimum absolute atomic E-state index is 0.138. The van der Waals surface area contributed by atoms with Gasteiger partial charge in [-0.1, -0.05) is 54.6 Å². The Balaban J connectivity index is 1.39. The molecule has 6 rings (SSSR count). The molecular formula is C32H33N5O. The Morgan fingerprint density at radius 2 is 1.68 bits per heavy atom. The molecule has 38 heavy (non-hydrogen) atoms. The quantitative estimate of drug-likeness (QED) is 0.229. The molecular weight excluding hydrogens is 470 g/mol. The van der Waals surface area contributed by atoms with E-state index in [0.717, 1.165) is 52.3 Å². The monoisotopic (exact) mass is 503 g/mol. The molecule has 0 spiro atoms. The highest BCUT2D eigenvalue weighted by Crippen LogP contribution is 2.43. The van der Waals surface area contributed by atoms with Gasteiger partial charge in [0.05, 0.1) is 22.6 Å². The lowest BCUT2D eigenvalue weighted by Crippen LogP contribution is -2.48. The predicted octanol–water partition coefficient (Wildman–Crippen LogP) is 7.31. The Morgan fingerprint density at radius 3 is 2.32 bits per heavy atom. The van der Waals surface area contributed by atoms with Crippen LogP contribution in [0.15, 0.2) is 97.7 Å². The molecule has 192 valence electrons. The Labute approximate surface area is 223 Å². The van der Waals surface area contributed by atoms with Crippen molar-refractivity contribution in [1.29, 1.82) is 0 Å². The molecule has 6 heteroatoms. The standard InChI is InChI=1S/C32H33N5O/c1-22(38-31(2,3)4)35-32(18-8-19-32)26-14-11-23(12-15-26)29-30(24-9-6-5-7-10-24)37-21-25(13-16-28(37)34-29)27-17-20-33-36-27/h5-7,9-17,20-21,35H,1,8,18-19H2,2-4H3,(H,33,36). The first-order valence-corrected chi connectivity index (χ1v) is 13.2. The molecule has 1 aliphatic rings. The predicted molar refractivity (Wildman–Crippen MR) is 152 cm³/mol. The number of aromatic nitrogens is 4. The number of nitrogens with zero attached hydrogens (tertiary/aromatic N) is 3. The smallest absolute Gasteiger partial charge is 0.180 e. The Hall–Kier alpha value is -4.32. The van der Waals surface area contributed by atoms with Gasteiger partial charge in [-0.3, -0.25) is 9.50 Å². The van der Waals surface area contributed by atoms with Crippen LogP contribution in [0.2, 0.25) is 0 Å². The molecule has 0 radical (unpaired) electrons. The van der Waals surface area contributed by atoms with Crippen LogP contribution in [0.4, 0.5) is 0 Å². The topological polar surface area (TPSA) is 67.2 Å². The summed E-state index contributed by atoms with van der Waals surface area (Å²) in [5, 5.41) is 10.8. The van der Waals surface area contributed by atoms with E-state index in [2.05, 4.69) is 93.4 Å². The highest BCUT2D eigenvalue weighted by Gasteiger charge is 2.39. The van der Waals surface area contributed by atoms with E-state index >= 15 is 0 Å². The molecule has 0 unspecified atom stereocenters. The van der Waals surface area contributed by atoms with E-state index in [-0.39, 0.29) is 11.1 Å². The summed E-state index contributed by atoms with van der Waals surface area (Å²) in [5.74, 6) is 0.626. The van der Waals surface area contributed by atoms with Gasteiger partial charge in [0.2, 0.25) is 0 Å². The van der Waals surface area contributed by atoms with Gasteiger partial charge in [-0.15, -0.1) is 0 Å². The van der Waals surface area contributed by atoms with Gasteiger partial charge in [-0.25, -0.2) is 4.98 Å². The van der Waals surface area contributed by atoms with Gasteiger partial charge in [-0.2, -0.15) is 5.10 Å². The van der Waals surface area contributed by atoms with Crippen LogP contribution in [-0.4, -0.2) is 25.2 Å². The fraction of sp³-hybridized carbons (Fsp3) is 0.250. The Kier molecular flexibility index (Phi) is 5.83. The zero-order chi connectivity index (χ0) is 26.3. The molecule has 2 N–H and O–H groups in total. The Morgan fingerprint density at radius 1 is 0.947 bits per heavy atom. The van der Waals surface area contributed by atoms with Crippen molar-refractivity contribution >= 4 is 5.65 Å². The average molecular weight is 504 g/mol. The first-order chi connectivity index (χ1) is 18.3. The van der Waals surface area contributed by atoms with Crippen LogP contribution >= 0.6 is 0 Å². The maximum absolute atomic E-state index is 5.99. The maximum Gasteiger partial charge on any atom is 0.180 e. The fourth-order valence-corrected chi connectivity index (χ4v) is 5.32. The Bertz CT molecular complexity index is 1570. The van der Waals surface area contributed by atoms with Gasteiger partial charge in [-0.05, 0) is 70.4 Å². The number of fused-ring (bicyclic) bond motifs is 1. The third kappa shape index (κ3) is 4.47. The largest absolute Gasteiger partial charge is 0.474 e. The summed E-state index contributed by atoms with van der Waals surface area (Å²) in [4.78, 5) is 5.08. The number of hydrogen-bond donors (Lipinski definition) is 2. The third-order valence-electron chi connectivity index (χ3n) is 7.20. The third-order valence-corrected chi connectivity index (χ3v) is 7.20. The molecule has 1 saturated carbocycles. The van der Waals surface area contributed by atoms with E-state index in [1.807, 2.05) is 32.9 Å². The van der Waals surface area contributed by atoms with Crippen LogP contribution in [-0.2, 0) is 10.3 Å². The summed E-state index contributed by atoms with van der Waals surface area (Å²) >= 11 is 0. The lowest BCUT2D eigenvalue weighted by molar-refractivity contribution is 0.0220. The van der Waals surface area contributed by atoms with Gasteiger partial charge in [0.25, 0.3) is 0 Å². The maximum atomic E-state index is 5.99. The summed E-state index contributed by atoms with van der Waals surface area (Å²) in [6, 6.07) is 25.4. The van der Waals surface area contributed by atoms with Crippen molar-refractivity contribution in [2.75, 3.05) is 0 Å². The lowest BCUT2D eigenvalue weighted by Gasteiger charge is -2.44. The van der Waals surface area contributed by atoms with E-state index in [9.17, 15) is 0 Å². The normalized spacial score (nSPS) is 14.7. The molecule has 5 aromatic rings. The second-order valence-corrected chi connectivity index (χ2v) is 11.1. The molecule has 6 nitrogen and oxygen atoms in total. The summed E-state index contributed by atoms with van der Waals surface area (Å²) < 4.78 is 8.17. The first-order valence-electron chi connectivity index (χ1n) is 13.2. The second-order valence-electron chi connectivity index (χ2n) is 11.1. The zero-order valence-electron chi connectivity index (χ0n) is 22.2. The van der Waals surface area contributed by atoms with Crippen LogP contribution in [0.1, 0.15) is 45.6 Å². The summed E-state index contributed by atoms with van der Waals surface area (Å²) in [7, 11) is 0. The molecule has 0 bridgehead atoms. The van der Waals surface area contributed by atoms with Crippen molar-refractivity contribution in [2.45, 2.75) is 51.2 Å². The number of pyridine rings is 1. The number of nitrogens with one attached hydrogen (secondary N) is 2. The molecule has 3 aromatic heterocycles. The molecule has 1 aliphatic carbocycles. The SMILES string of the molecule is C=C(NC1(c2ccc(-c3nc4ccc(-c5ccn[nH]5)cn4c3-c3ccccc3)cc2)CCC1)OC(C)(C)C. The van der Waals surface area contributed by atoms with Crippen LogP contribution in [0.25, 0.3) is 39.4 Å². The van der Waals surface area contributed by atoms with Gasteiger partial charge >= 0.3 is 0 Å². The summed E-state index contributed by atoms with van der Waals surface area (Å²) in [5.41, 5.74) is 7.99. The average Bonchev–Trinajstić information content (AvgIpc) is 3.54. The van der Waals surface area contributed by atoms with E-state index in [1.54, 1.807) is 6.20 Å². The number of imidazole rings is 1. The molecule has 1 fully saturated rings. The van der Waals surface area contributed by atoms with Crippen molar-refractivity contribution in [3.63, 3.8) is 0 Å². The first kappa shape index (κ1) is 24.0. The number of H-pyrrole nitrogens is 1. The van der Waals surface area contributed by atoms with E-state index in [0.29, 0.717) is 5.88 Å². The lowest BCUT2D eigenvalue weighted by atomic mass is 9.71. The molecule has 3 heterocycles. The van der Waals surface area contributed by atoms with Crippen molar-refractivity contribution in [1.82, 2.24) is 24.9 Å². The van der Waals surface area contributed by atoms with Crippen molar-refractivity contribution < 1.29 is 4.74 Å². The van der Waals surface area contributed by atoms with Gasteiger partial charge in [0.1, 0.15) is 11.2 Å². The van der Waals surface area contributed by atoms with Crippen molar-refractivity contribution in [2.24, 2.45) is 0 Å². The van der Waals surface area contributed by atoms with Crippen LogP contribution in [0.5, 0.6) is 0 Å². The van der Waals surface area contributed by atoms with Crippen LogP contribution in [0.3, 0.4) is 0 Å². The second kappa shape index (κ2) is 9.21. The molecule has 0 amide bonds. The van der Waals surface area contributed by atoms with E-state index < -0.39 is 0 Å². The molecule has 0 atom stereocenters. The molecule has 0 aliphatic heterocycles. The van der Waals surface area contributed by atoms with Crippen molar-refractivity contribution in [3.05, 3.63) is 103 Å². The number of rotatable bonds is 7. The van der Waals surface area contributed by atoms with Crippen LogP contribution in [0, 0.1) is 0 Å². The highest BCUT2D eigenvalue weighted by molar-refractivity contribution is 5.82. The number of aromatic amines is 1. The number of hydrogen-bond acceptors (Lipinski definition) is 4. The van der Waals surface area contributed by atoms with E-state index in [4.69, 9.17) is 9.72 Å². The zero-order valence-corrected chi connectivity index (χ0v) is 22.2. The molecule has 2 aromatic carbocycles. The number of benzene rings is 2. The van der Waals surface area contributed by atoms with Gasteiger partial charge in [0.15, 0.2) is 5.88 Å². The minimum atomic E-state index is -0.285. The highest BCUT2D eigenvalue weighted by atomic mass is 16.5. The van der Waals surface area contributed by atoms with Gasteiger partial charge in [0, 0.05) is 29.1 Å². The van der Waals surface area contributed by atoms with E-state index in [1.165, 1.54) is 12.0 Å². The number of ether oxygens (including phenoxy) is 1. The van der Waals surface area contributed by atoms with Crippen LogP contribution < -0.4 is 5.32 Å². The fourth-order valence-electron chi connectivity index (χ4n) is 5.32. The van der Waals surface area contributed by atoms with Gasteiger partial charge < -0.3 is 10.1 Å². The summed E-state index contributed by atoms with van der Waals surface area (Å²) in [6.45, 7) is 10.3. The van der Waals surface area contributed by atoms with Crippen molar-refractivity contribution in [3.8, 4) is 33.8 Å². The summed E-state index contributed by atoms with van der Waals surface area (Å²) in [6.07, 6.45) is 7.19.